The number of hydroxylamine groups is 2. The summed E-state index contributed by atoms with van der Waals surface area (Å²) < 4.78 is 0. The zero-order valence-electron chi connectivity index (χ0n) is 16.1. The van der Waals surface area contributed by atoms with E-state index in [0.717, 1.165) is 0 Å². The van der Waals surface area contributed by atoms with Gasteiger partial charge in [0.05, 0.1) is 11.5 Å². The van der Waals surface area contributed by atoms with Gasteiger partial charge in [0.2, 0.25) is 0 Å². The van der Waals surface area contributed by atoms with Gasteiger partial charge in [-0.25, -0.2) is 4.79 Å². The summed E-state index contributed by atoms with van der Waals surface area (Å²) in [6.45, 7) is 11.0. The number of carbonyl (C=O) groups excluding carboxylic acids is 4. The molecule has 1 atom stereocenters. The number of nitrogens with zero attached hydrogens (tertiary/aromatic N) is 1. The molecule has 1 unspecified atom stereocenters. The number of Topliss-reactive ketones (excluding diaryl/α,β-unsaturated/α-hetero) is 1. The fourth-order valence-corrected chi connectivity index (χ4v) is 2.71. The molecule has 0 spiro atoms. The fraction of sp³-hybridized carbons (Fsp3) is 0.500. The van der Waals surface area contributed by atoms with Crippen molar-refractivity contribution in [1.82, 2.24) is 5.06 Å². The first-order chi connectivity index (χ1) is 11.8. The third kappa shape index (κ3) is 4.00. The van der Waals surface area contributed by atoms with Crippen LogP contribution < -0.4 is 0 Å². The number of rotatable bonds is 3. The Morgan fingerprint density at radius 3 is 1.88 bits per heavy atom. The van der Waals surface area contributed by atoms with E-state index in [0.29, 0.717) is 10.6 Å². The van der Waals surface area contributed by atoms with Gasteiger partial charge in [-0.3, -0.25) is 14.4 Å². The van der Waals surface area contributed by atoms with Crippen LogP contribution in [0.4, 0.5) is 0 Å². The van der Waals surface area contributed by atoms with Crippen LogP contribution in [0.3, 0.4) is 0 Å². The molecule has 0 radical (unpaired) electrons. The topological polar surface area (TPSA) is 80.8 Å². The first kappa shape index (κ1) is 19.8. The minimum Gasteiger partial charge on any atom is -0.325 e. The fourth-order valence-electron chi connectivity index (χ4n) is 2.71. The Hall–Kier alpha value is -2.50. The number of hydrogen-bond acceptors (Lipinski definition) is 5. The van der Waals surface area contributed by atoms with E-state index in [4.69, 9.17) is 4.84 Å². The lowest BCUT2D eigenvalue weighted by atomic mass is 9.80. The minimum atomic E-state index is -0.809. The Morgan fingerprint density at radius 2 is 1.46 bits per heavy atom. The molecule has 0 saturated carbocycles. The molecule has 1 aromatic carbocycles. The Bertz CT molecular complexity index is 750. The number of carbonyl (C=O) groups is 4. The van der Waals surface area contributed by atoms with Crippen molar-refractivity contribution in [3.63, 3.8) is 0 Å². The summed E-state index contributed by atoms with van der Waals surface area (Å²) in [5.74, 6) is -2.40. The third-order valence-corrected chi connectivity index (χ3v) is 4.39. The average molecular weight is 359 g/mol. The van der Waals surface area contributed by atoms with Crippen molar-refractivity contribution < 1.29 is 24.0 Å². The largest absolute Gasteiger partial charge is 0.363 e. The molecule has 1 fully saturated rings. The third-order valence-electron chi connectivity index (χ3n) is 4.39. The van der Waals surface area contributed by atoms with E-state index in [1.165, 1.54) is 24.3 Å². The molecule has 1 aliphatic heterocycles. The predicted octanol–water partition coefficient (Wildman–Crippen LogP) is 3.41. The van der Waals surface area contributed by atoms with E-state index in [1.54, 1.807) is 0 Å². The summed E-state index contributed by atoms with van der Waals surface area (Å²) in [5, 5.41) is 0.562. The lowest BCUT2D eigenvalue weighted by Crippen LogP contribution is -2.35. The van der Waals surface area contributed by atoms with Gasteiger partial charge in [-0.2, -0.15) is 0 Å². The molecular formula is C20H25NO5. The molecular weight excluding hydrogens is 334 g/mol. The van der Waals surface area contributed by atoms with Gasteiger partial charge in [-0.15, -0.1) is 5.06 Å². The van der Waals surface area contributed by atoms with Gasteiger partial charge in [-0.05, 0) is 17.5 Å². The van der Waals surface area contributed by atoms with Crippen LogP contribution in [0, 0.1) is 16.7 Å². The van der Waals surface area contributed by atoms with Crippen molar-refractivity contribution in [3.05, 3.63) is 35.4 Å². The Labute approximate surface area is 153 Å². The van der Waals surface area contributed by atoms with Gasteiger partial charge in [0, 0.05) is 17.4 Å². The smallest absolute Gasteiger partial charge is 0.325 e. The lowest BCUT2D eigenvalue weighted by Gasteiger charge is -2.24. The molecule has 1 aromatic rings. The van der Waals surface area contributed by atoms with Crippen molar-refractivity contribution in [1.29, 1.82) is 0 Å². The molecule has 140 valence electrons. The van der Waals surface area contributed by atoms with Crippen LogP contribution in [0.2, 0.25) is 0 Å². The molecule has 1 aliphatic rings. The van der Waals surface area contributed by atoms with Crippen molar-refractivity contribution in [2.75, 3.05) is 0 Å². The summed E-state index contributed by atoms with van der Waals surface area (Å²) in [5.41, 5.74) is -0.285. The van der Waals surface area contributed by atoms with E-state index >= 15 is 0 Å². The van der Waals surface area contributed by atoms with Gasteiger partial charge in [-0.1, -0.05) is 53.7 Å². The van der Waals surface area contributed by atoms with Crippen LogP contribution in [0.1, 0.15) is 68.7 Å². The van der Waals surface area contributed by atoms with E-state index in [9.17, 15) is 19.2 Å². The van der Waals surface area contributed by atoms with Crippen molar-refractivity contribution in [2.24, 2.45) is 16.7 Å². The molecule has 0 N–H and O–H groups in total. The second-order valence-electron chi connectivity index (χ2n) is 8.68. The molecule has 6 nitrogen and oxygen atoms in total. The van der Waals surface area contributed by atoms with E-state index < -0.39 is 34.5 Å². The monoisotopic (exact) mass is 359 g/mol. The second kappa shape index (κ2) is 6.67. The molecule has 6 heteroatoms. The SMILES string of the molecule is CC(C)(C)C(=O)c1ccc(C(=O)ON2C(=O)CC(C(C)(C)C)C2=O)cc1. The van der Waals surface area contributed by atoms with E-state index in [2.05, 4.69) is 0 Å². The molecule has 26 heavy (non-hydrogen) atoms. The maximum Gasteiger partial charge on any atom is 0.363 e. The molecule has 0 bridgehead atoms. The van der Waals surface area contributed by atoms with Crippen LogP contribution in [-0.2, 0) is 14.4 Å². The molecule has 2 amide bonds. The van der Waals surface area contributed by atoms with Crippen LogP contribution in [0.25, 0.3) is 0 Å². The zero-order chi connectivity index (χ0) is 19.9. The van der Waals surface area contributed by atoms with E-state index in [-0.39, 0.29) is 17.8 Å². The number of benzene rings is 1. The number of imide groups is 1. The first-order valence-corrected chi connectivity index (χ1v) is 8.56. The highest BCUT2D eigenvalue weighted by molar-refractivity contribution is 6.05. The quantitative estimate of drug-likeness (QED) is 0.610. The highest BCUT2D eigenvalue weighted by atomic mass is 16.7. The molecule has 0 aromatic heterocycles. The van der Waals surface area contributed by atoms with Gasteiger partial charge >= 0.3 is 5.97 Å². The van der Waals surface area contributed by atoms with Gasteiger partial charge in [0.25, 0.3) is 11.8 Å². The average Bonchev–Trinajstić information content (AvgIpc) is 2.81. The predicted molar refractivity (Wildman–Crippen MR) is 95.1 cm³/mol. The summed E-state index contributed by atoms with van der Waals surface area (Å²) in [4.78, 5) is 53.9. The maximum atomic E-state index is 12.4. The second-order valence-corrected chi connectivity index (χ2v) is 8.68. The molecule has 1 heterocycles. The Morgan fingerprint density at radius 1 is 0.962 bits per heavy atom. The van der Waals surface area contributed by atoms with E-state index in [1.807, 2.05) is 41.5 Å². The van der Waals surface area contributed by atoms with Crippen LogP contribution in [-0.4, -0.2) is 28.6 Å². The van der Waals surface area contributed by atoms with Crippen LogP contribution in [0.5, 0.6) is 0 Å². The zero-order valence-corrected chi connectivity index (χ0v) is 16.1. The number of hydrogen-bond donors (Lipinski definition) is 0. The maximum absolute atomic E-state index is 12.4. The van der Waals surface area contributed by atoms with Gasteiger partial charge in [0.15, 0.2) is 5.78 Å². The first-order valence-electron chi connectivity index (χ1n) is 8.56. The highest BCUT2D eigenvalue weighted by Gasteiger charge is 2.47. The highest BCUT2D eigenvalue weighted by Crippen LogP contribution is 2.35. The van der Waals surface area contributed by atoms with Gasteiger partial charge in [0.1, 0.15) is 0 Å². The van der Waals surface area contributed by atoms with Gasteiger partial charge < -0.3 is 4.84 Å². The summed E-state index contributed by atoms with van der Waals surface area (Å²) in [6, 6.07) is 5.98. The van der Waals surface area contributed by atoms with Crippen molar-refractivity contribution in [2.45, 2.75) is 48.0 Å². The van der Waals surface area contributed by atoms with Crippen LogP contribution >= 0.6 is 0 Å². The summed E-state index contributed by atoms with van der Waals surface area (Å²) in [7, 11) is 0. The molecule has 2 rings (SSSR count). The normalized spacial score (nSPS) is 18.2. The van der Waals surface area contributed by atoms with Crippen molar-refractivity contribution in [3.8, 4) is 0 Å². The number of ketones is 1. The molecule has 1 saturated heterocycles. The summed E-state index contributed by atoms with van der Waals surface area (Å²) >= 11 is 0. The minimum absolute atomic E-state index is 0.0225. The standard InChI is InChI=1S/C20H25NO5/c1-19(2,3)14-11-15(22)21(17(14)24)26-18(25)13-9-7-12(8-10-13)16(23)20(4,5)6/h7-10,14H,11H2,1-6H3. The Kier molecular flexibility index (Phi) is 5.08. The molecule has 0 aliphatic carbocycles. The lowest BCUT2D eigenvalue weighted by molar-refractivity contribution is -0.174. The number of amides is 2. The summed E-state index contributed by atoms with van der Waals surface area (Å²) in [6.07, 6.45) is 0.0225. The van der Waals surface area contributed by atoms with Crippen molar-refractivity contribution >= 4 is 23.6 Å². The van der Waals surface area contributed by atoms with Crippen LogP contribution in [0.15, 0.2) is 24.3 Å². The Balaban J connectivity index is 2.12.